The third kappa shape index (κ3) is 47.1. The molecule has 0 saturated heterocycles. The largest absolute Gasteiger partial charge is 0.466 e. The Kier molecular flexibility index (Phi) is 54.4. The van der Waals surface area contributed by atoms with E-state index in [1.165, 1.54) is 103 Å². The fourth-order valence-electron chi connectivity index (χ4n) is 6.36. The van der Waals surface area contributed by atoms with Gasteiger partial charge in [0.05, 0.1) is 103 Å². The summed E-state index contributed by atoms with van der Waals surface area (Å²) < 4.78 is 25.9. The van der Waals surface area contributed by atoms with Crippen molar-refractivity contribution in [2.45, 2.75) is 220 Å². The molecule has 0 aliphatic heterocycles. The highest BCUT2D eigenvalue weighted by Gasteiger charge is 2.33. The molecular formula is C52H102O15. The van der Waals surface area contributed by atoms with Gasteiger partial charge >= 0.3 is 23.9 Å². The van der Waals surface area contributed by atoms with Gasteiger partial charge in [-0.25, -0.2) is 0 Å². The van der Waals surface area contributed by atoms with Crippen LogP contribution in [0.1, 0.15) is 220 Å². The van der Waals surface area contributed by atoms with Gasteiger partial charge in [-0.2, -0.15) is 0 Å². The van der Waals surface area contributed by atoms with Gasteiger partial charge < -0.3 is 54.3 Å². The lowest BCUT2D eigenvalue weighted by atomic mass is 9.91. The van der Waals surface area contributed by atoms with E-state index in [2.05, 4.69) is 27.7 Å². The Bertz CT molecular complexity index is 983. The maximum absolute atomic E-state index is 11.6. The predicted molar refractivity (Wildman–Crippen MR) is 263 cm³/mol. The van der Waals surface area contributed by atoms with Crippen LogP contribution in [0.2, 0.25) is 0 Å². The minimum Gasteiger partial charge on any atom is -0.466 e. The summed E-state index contributed by atoms with van der Waals surface area (Å²) in [7, 11) is 0. The molecule has 0 spiro atoms. The van der Waals surface area contributed by atoms with Crippen molar-refractivity contribution < 1.29 is 73.5 Å². The number of hydrogen-bond acceptors (Lipinski definition) is 15. The lowest BCUT2D eigenvalue weighted by molar-refractivity contribution is -0.150. The van der Waals surface area contributed by atoms with Crippen LogP contribution in [0.15, 0.2) is 0 Å². The van der Waals surface area contributed by atoms with E-state index in [0.717, 1.165) is 51.4 Å². The molecule has 0 aromatic heterocycles. The topological polar surface area (TPSA) is 236 Å². The minimum atomic E-state index is -1.16. The molecule has 0 bridgehead atoms. The Morgan fingerprint density at radius 1 is 0.299 bits per heavy atom. The Labute approximate surface area is 406 Å². The Hall–Kier alpha value is -2.40. The normalized spacial score (nSPS) is 11.3. The van der Waals surface area contributed by atoms with Crippen LogP contribution in [0.3, 0.4) is 0 Å². The van der Waals surface area contributed by atoms with E-state index in [4.69, 9.17) is 54.3 Å². The van der Waals surface area contributed by atoms with Gasteiger partial charge in [0, 0.05) is 12.8 Å². The molecule has 6 N–H and O–H groups in total. The van der Waals surface area contributed by atoms with E-state index in [9.17, 15) is 19.2 Å². The Morgan fingerprint density at radius 2 is 0.507 bits per heavy atom. The van der Waals surface area contributed by atoms with Gasteiger partial charge in [-0.05, 0) is 38.5 Å². The van der Waals surface area contributed by atoms with Crippen molar-refractivity contribution >= 4 is 23.9 Å². The average molecular weight is 967 g/mol. The van der Waals surface area contributed by atoms with Gasteiger partial charge in [0.15, 0.2) is 0 Å². The maximum atomic E-state index is 11.6. The number of ether oxygens (including phenoxy) is 5. The molecule has 400 valence electrons. The average Bonchev–Trinajstić information content (AvgIpc) is 3.34. The van der Waals surface area contributed by atoms with Crippen LogP contribution in [0.4, 0.5) is 0 Å². The minimum absolute atomic E-state index is 0.130. The third-order valence-electron chi connectivity index (χ3n) is 11.4. The summed E-state index contributed by atoms with van der Waals surface area (Å²) in [6.07, 6.45) is 30.8. The summed E-state index contributed by atoms with van der Waals surface area (Å²) in [5.74, 6) is -0.863. The second kappa shape index (κ2) is 53.0. The number of esters is 4. The van der Waals surface area contributed by atoms with Gasteiger partial charge in [0.1, 0.15) is 0 Å². The van der Waals surface area contributed by atoms with Crippen molar-refractivity contribution in [2.75, 3.05) is 79.3 Å². The van der Waals surface area contributed by atoms with Crippen LogP contribution in [-0.4, -0.2) is 134 Å². The van der Waals surface area contributed by atoms with Gasteiger partial charge in [-0.3, -0.25) is 19.2 Å². The number of rotatable bonds is 46. The molecule has 0 aromatic carbocycles. The summed E-state index contributed by atoms with van der Waals surface area (Å²) in [6.45, 7) is 7.80. The molecule has 0 saturated carbocycles. The van der Waals surface area contributed by atoms with Crippen molar-refractivity contribution in [3.05, 3.63) is 0 Å². The van der Waals surface area contributed by atoms with Gasteiger partial charge in [-0.15, -0.1) is 0 Å². The summed E-state index contributed by atoms with van der Waals surface area (Å²) in [5.41, 5.74) is -2.32. The SMILES string of the molecule is CCCCCCCCOC(=O)CCC(=O)OCCCCCCCC.CCCCCCCCOC(=O)CCCCC(=O)OCCCCCCCC.OCC(CO)(CO)COCC(CO)(CO)CO. The summed E-state index contributed by atoms with van der Waals surface area (Å²) in [6, 6.07) is 0. The summed E-state index contributed by atoms with van der Waals surface area (Å²) in [5, 5.41) is 54.2. The highest BCUT2D eigenvalue weighted by molar-refractivity contribution is 5.77. The van der Waals surface area contributed by atoms with Crippen molar-refractivity contribution in [1.82, 2.24) is 0 Å². The molecule has 0 heterocycles. The van der Waals surface area contributed by atoms with E-state index < -0.39 is 50.5 Å². The second-order valence-corrected chi connectivity index (χ2v) is 18.1. The lowest BCUT2D eigenvalue weighted by Crippen LogP contribution is -2.43. The van der Waals surface area contributed by atoms with Crippen LogP contribution in [0.5, 0.6) is 0 Å². The quantitative estimate of drug-likeness (QED) is 0.0190. The fraction of sp³-hybridized carbons (Fsp3) is 0.923. The highest BCUT2D eigenvalue weighted by atomic mass is 16.5. The van der Waals surface area contributed by atoms with Crippen molar-refractivity contribution in [3.63, 3.8) is 0 Å². The monoisotopic (exact) mass is 967 g/mol. The lowest BCUT2D eigenvalue weighted by Gasteiger charge is -2.31. The molecule has 0 rings (SSSR count). The Morgan fingerprint density at radius 3 is 0.731 bits per heavy atom. The maximum Gasteiger partial charge on any atom is 0.306 e. The van der Waals surface area contributed by atoms with Crippen molar-refractivity contribution in [3.8, 4) is 0 Å². The first-order valence-corrected chi connectivity index (χ1v) is 26.3. The number of carbonyl (C=O) groups is 4. The molecule has 0 aliphatic rings. The summed E-state index contributed by atoms with van der Waals surface area (Å²) >= 11 is 0. The number of carbonyl (C=O) groups excluding carboxylic acids is 4. The molecule has 15 heteroatoms. The third-order valence-corrected chi connectivity index (χ3v) is 11.4. The first kappa shape index (κ1) is 68.9. The number of unbranched alkanes of at least 4 members (excludes halogenated alkanes) is 21. The number of aliphatic hydroxyl groups is 6. The van der Waals surface area contributed by atoms with Crippen molar-refractivity contribution in [1.29, 1.82) is 0 Å². The highest BCUT2D eigenvalue weighted by Crippen LogP contribution is 2.20. The first-order chi connectivity index (χ1) is 32.5. The molecule has 0 fully saturated rings. The van der Waals surface area contributed by atoms with E-state index in [1.807, 2.05) is 0 Å². The first-order valence-electron chi connectivity index (χ1n) is 26.3. The fourth-order valence-corrected chi connectivity index (χ4v) is 6.36. The van der Waals surface area contributed by atoms with E-state index in [0.29, 0.717) is 52.1 Å². The van der Waals surface area contributed by atoms with E-state index >= 15 is 0 Å². The zero-order valence-corrected chi connectivity index (χ0v) is 43.1. The second-order valence-electron chi connectivity index (χ2n) is 18.1. The van der Waals surface area contributed by atoms with Crippen LogP contribution in [-0.2, 0) is 42.9 Å². The molecule has 0 radical (unpaired) electrons. The molecule has 0 aromatic rings. The Balaban J connectivity index is -0.000000937. The van der Waals surface area contributed by atoms with E-state index in [-0.39, 0.29) is 49.9 Å². The van der Waals surface area contributed by atoms with Crippen molar-refractivity contribution in [2.24, 2.45) is 10.8 Å². The molecule has 0 atom stereocenters. The number of hydrogen-bond donors (Lipinski definition) is 6. The zero-order valence-electron chi connectivity index (χ0n) is 43.1. The molecular weight excluding hydrogens is 865 g/mol. The van der Waals surface area contributed by atoms with Gasteiger partial charge in [0.2, 0.25) is 0 Å². The molecule has 0 amide bonds. The van der Waals surface area contributed by atoms with Gasteiger partial charge in [-0.1, -0.05) is 156 Å². The molecule has 15 nitrogen and oxygen atoms in total. The van der Waals surface area contributed by atoms with E-state index in [1.54, 1.807) is 0 Å². The van der Waals surface area contributed by atoms with Crippen LogP contribution in [0, 0.1) is 10.8 Å². The molecule has 67 heavy (non-hydrogen) atoms. The molecule has 0 unspecified atom stereocenters. The standard InChI is InChI=1S/C22H42O4.C20H38O4.C10H22O7/c1-3-5-7-9-11-15-19-25-21(23)17-13-14-18-22(24)26-20-16-12-10-8-6-4-2;1-3-5-7-9-11-13-17-23-19(21)15-16-20(22)24-18-14-12-10-8-6-4-2;11-1-9(2-12,3-13)7-17-8-10(4-14,5-15)6-16/h3-20H2,1-2H3;3-18H2,1-2H3;11-16H,1-8H2. The number of aliphatic hydroxyl groups excluding tert-OH is 6. The smallest absolute Gasteiger partial charge is 0.306 e. The van der Waals surface area contributed by atoms with Crippen LogP contribution in [0.25, 0.3) is 0 Å². The predicted octanol–water partition coefficient (Wildman–Crippen LogP) is 8.86. The van der Waals surface area contributed by atoms with Gasteiger partial charge in [0.25, 0.3) is 0 Å². The van der Waals surface area contributed by atoms with Crippen LogP contribution < -0.4 is 0 Å². The zero-order chi connectivity index (χ0) is 50.5. The van der Waals surface area contributed by atoms with Crippen LogP contribution >= 0.6 is 0 Å². The summed E-state index contributed by atoms with van der Waals surface area (Å²) in [4.78, 5) is 46.3. The molecule has 0 aliphatic carbocycles.